The van der Waals surface area contributed by atoms with E-state index >= 15 is 0 Å². The molecule has 1 atom stereocenters. The number of nitrogens with zero attached hydrogens (tertiary/aromatic N) is 2. The minimum atomic E-state index is 0. The van der Waals surface area contributed by atoms with Gasteiger partial charge < -0.3 is 10.2 Å². The second-order valence-electron chi connectivity index (χ2n) is 7.47. The van der Waals surface area contributed by atoms with Crippen molar-refractivity contribution in [3.8, 4) is 0 Å². The molecule has 2 aromatic heterocycles. The van der Waals surface area contributed by atoms with Crippen molar-refractivity contribution < 1.29 is 4.79 Å². The van der Waals surface area contributed by atoms with Crippen LogP contribution in [0, 0.1) is 13.8 Å². The molecule has 6 heteroatoms. The monoisotopic (exact) mass is 421 g/mol. The highest BCUT2D eigenvalue weighted by molar-refractivity contribution is 7.12. The van der Waals surface area contributed by atoms with Crippen LogP contribution in [0.25, 0.3) is 0 Å². The van der Waals surface area contributed by atoms with E-state index in [2.05, 4.69) is 35.1 Å². The van der Waals surface area contributed by atoms with Gasteiger partial charge >= 0.3 is 0 Å². The van der Waals surface area contributed by atoms with Crippen molar-refractivity contribution in [2.75, 3.05) is 13.1 Å². The van der Waals surface area contributed by atoms with Gasteiger partial charge in [0.15, 0.2) is 0 Å². The van der Waals surface area contributed by atoms with Crippen molar-refractivity contribution in [3.05, 3.63) is 51.5 Å². The van der Waals surface area contributed by atoms with E-state index in [0.29, 0.717) is 19.0 Å². The zero-order chi connectivity index (χ0) is 19.1. The summed E-state index contributed by atoms with van der Waals surface area (Å²) in [6, 6.07) is 8.54. The molecule has 0 spiro atoms. The quantitative estimate of drug-likeness (QED) is 0.706. The van der Waals surface area contributed by atoms with Crippen molar-refractivity contribution in [1.29, 1.82) is 0 Å². The molecule has 0 aliphatic carbocycles. The van der Waals surface area contributed by atoms with Gasteiger partial charge in [0.25, 0.3) is 0 Å². The predicted molar refractivity (Wildman–Crippen MR) is 119 cm³/mol. The third kappa shape index (κ3) is 6.57. The Morgan fingerprint density at radius 2 is 2.14 bits per heavy atom. The zero-order valence-electron chi connectivity index (χ0n) is 16.9. The molecule has 28 heavy (non-hydrogen) atoms. The summed E-state index contributed by atoms with van der Waals surface area (Å²) in [6.07, 6.45) is 7.57. The Kier molecular flexibility index (Phi) is 9.42. The molecule has 1 unspecified atom stereocenters. The highest BCUT2D eigenvalue weighted by Gasteiger charge is 2.24. The summed E-state index contributed by atoms with van der Waals surface area (Å²) in [5.41, 5.74) is 2.38. The fraction of sp³-hybridized carbons (Fsp3) is 0.545. The molecule has 1 N–H and O–H groups in total. The number of hydrogen-bond acceptors (Lipinski definition) is 4. The number of halogens is 1. The molecule has 0 saturated carbocycles. The van der Waals surface area contributed by atoms with Gasteiger partial charge in [0.1, 0.15) is 0 Å². The van der Waals surface area contributed by atoms with E-state index in [0.717, 1.165) is 50.9 Å². The number of carbonyl (C=O) groups excluding carboxylic acids is 1. The molecule has 1 fully saturated rings. The van der Waals surface area contributed by atoms with Crippen LogP contribution in [0.1, 0.15) is 53.1 Å². The lowest BCUT2D eigenvalue weighted by Crippen LogP contribution is -2.40. The van der Waals surface area contributed by atoms with E-state index in [9.17, 15) is 4.79 Å². The third-order valence-corrected chi connectivity index (χ3v) is 6.35. The average molecular weight is 422 g/mol. The first kappa shape index (κ1) is 22.9. The van der Waals surface area contributed by atoms with E-state index in [-0.39, 0.29) is 18.3 Å². The molecule has 4 nitrogen and oxygen atoms in total. The van der Waals surface area contributed by atoms with Gasteiger partial charge in [0.2, 0.25) is 5.91 Å². The number of carbonyl (C=O) groups is 1. The molecule has 1 saturated heterocycles. The lowest BCUT2D eigenvalue weighted by molar-refractivity contribution is -0.134. The number of nitrogens with one attached hydrogen (secondary N) is 1. The highest BCUT2D eigenvalue weighted by atomic mass is 35.5. The minimum Gasteiger partial charge on any atom is -0.334 e. The molecular weight excluding hydrogens is 390 g/mol. The third-order valence-electron chi connectivity index (χ3n) is 5.35. The van der Waals surface area contributed by atoms with Crippen LogP contribution in [-0.4, -0.2) is 34.9 Å². The largest absolute Gasteiger partial charge is 0.334 e. The van der Waals surface area contributed by atoms with Crippen molar-refractivity contribution >= 4 is 29.7 Å². The summed E-state index contributed by atoms with van der Waals surface area (Å²) in [5, 5.41) is 3.46. The van der Waals surface area contributed by atoms with Gasteiger partial charge in [-0.25, -0.2) is 0 Å². The van der Waals surface area contributed by atoms with E-state index in [1.54, 1.807) is 0 Å². The molecule has 0 bridgehead atoms. The maximum atomic E-state index is 13.1. The first-order valence-corrected chi connectivity index (χ1v) is 10.9. The SMILES string of the molecule is Cc1cc(CCCC(=O)N(Cc2ccccn2)C2CCCNCC2)c(C)s1.Cl. The van der Waals surface area contributed by atoms with Gasteiger partial charge in [-0.3, -0.25) is 9.78 Å². The molecule has 1 aliphatic heterocycles. The highest BCUT2D eigenvalue weighted by Crippen LogP contribution is 2.23. The fourth-order valence-corrected chi connectivity index (χ4v) is 4.88. The molecule has 0 radical (unpaired) electrons. The molecule has 0 aromatic carbocycles. The zero-order valence-corrected chi connectivity index (χ0v) is 18.6. The number of aromatic nitrogens is 1. The van der Waals surface area contributed by atoms with Crippen molar-refractivity contribution in [1.82, 2.24) is 15.2 Å². The number of thiophene rings is 1. The topological polar surface area (TPSA) is 45.2 Å². The van der Waals surface area contributed by atoms with Crippen LogP contribution in [-0.2, 0) is 17.8 Å². The molecular formula is C22H32ClN3OS. The smallest absolute Gasteiger partial charge is 0.223 e. The fourth-order valence-electron chi connectivity index (χ4n) is 3.90. The van der Waals surface area contributed by atoms with Crippen LogP contribution in [0.4, 0.5) is 0 Å². The van der Waals surface area contributed by atoms with Gasteiger partial charge in [0.05, 0.1) is 12.2 Å². The van der Waals surface area contributed by atoms with Crippen LogP contribution in [0.2, 0.25) is 0 Å². The number of amides is 1. The van der Waals surface area contributed by atoms with Gasteiger partial charge in [-0.2, -0.15) is 0 Å². The van der Waals surface area contributed by atoms with Crippen LogP contribution in [0.15, 0.2) is 30.5 Å². The van der Waals surface area contributed by atoms with Crippen molar-refractivity contribution in [3.63, 3.8) is 0 Å². The van der Waals surface area contributed by atoms with E-state index < -0.39 is 0 Å². The summed E-state index contributed by atoms with van der Waals surface area (Å²) < 4.78 is 0. The van der Waals surface area contributed by atoms with Crippen LogP contribution in [0.5, 0.6) is 0 Å². The number of hydrogen-bond donors (Lipinski definition) is 1. The Balaban J connectivity index is 0.00000280. The van der Waals surface area contributed by atoms with Gasteiger partial charge in [0, 0.05) is 28.4 Å². The lowest BCUT2D eigenvalue weighted by atomic mass is 10.0. The first-order chi connectivity index (χ1) is 13.1. The van der Waals surface area contributed by atoms with E-state index in [1.807, 2.05) is 35.7 Å². The summed E-state index contributed by atoms with van der Waals surface area (Å²) in [7, 11) is 0. The predicted octanol–water partition coefficient (Wildman–Crippen LogP) is 4.68. The molecule has 3 heterocycles. The maximum Gasteiger partial charge on any atom is 0.223 e. The Morgan fingerprint density at radius 3 is 2.86 bits per heavy atom. The first-order valence-electron chi connectivity index (χ1n) is 10.1. The summed E-state index contributed by atoms with van der Waals surface area (Å²) in [6.45, 7) is 7.01. The molecule has 154 valence electrons. The normalized spacial score (nSPS) is 16.9. The van der Waals surface area contributed by atoms with Crippen molar-refractivity contribution in [2.45, 2.75) is 65.0 Å². The number of aryl methyl sites for hydroxylation is 3. The van der Waals surface area contributed by atoms with Crippen LogP contribution >= 0.6 is 23.7 Å². The molecule has 3 rings (SSSR count). The Labute approximate surface area is 179 Å². The lowest BCUT2D eigenvalue weighted by Gasteiger charge is -2.31. The second kappa shape index (κ2) is 11.5. The van der Waals surface area contributed by atoms with Crippen LogP contribution in [0.3, 0.4) is 0 Å². The minimum absolute atomic E-state index is 0. The standard InChI is InChI=1S/C22H31N3OS.ClH/c1-17-15-19(18(2)27-17)7-5-10-22(26)25(16-20-8-3-4-13-24-20)21-9-6-12-23-14-11-21;/h3-4,8,13,15,21,23H,5-7,9-12,14,16H2,1-2H3;1H. The van der Waals surface area contributed by atoms with Crippen molar-refractivity contribution in [2.24, 2.45) is 0 Å². The summed E-state index contributed by atoms with van der Waals surface area (Å²) in [4.78, 5) is 22.4. The molecule has 2 aromatic rings. The summed E-state index contributed by atoms with van der Waals surface area (Å²) in [5.74, 6) is 0.275. The van der Waals surface area contributed by atoms with Gasteiger partial charge in [-0.1, -0.05) is 6.07 Å². The number of pyridine rings is 1. The molecule has 1 aliphatic rings. The van der Waals surface area contributed by atoms with Gasteiger partial charge in [-0.15, -0.1) is 23.7 Å². The van der Waals surface area contributed by atoms with E-state index in [4.69, 9.17) is 0 Å². The van der Waals surface area contributed by atoms with Crippen LogP contribution < -0.4 is 5.32 Å². The van der Waals surface area contributed by atoms with Gasteiger partial charge in [-0.05, 0) is 82.8 Å². The Hall–Kier alpha value is -1.43. The maximum absolute atomic E-state index is 13.1. The molecule has 1 amide bonds. The Bertz CT molecular complexity index is 727. The number of rotatable bonds is 7. The van der Waals surface area contributed by atoms with E-state index in [1.165, 1.54) is 15.3 Å². The second-order valence-corrected chi connectivity index (χ2v) is 8.93. The average Bonchev–Trinajstić information content (AvgIpc) is 2.86. The Morgan fingerprint density at radius 1 is 1.29 bits per heavy atom. The summed E-state index contributed by atoms with van der Waals surface area (Å²) >= 11 is 1.85.